The fraction of sp³-hybridized carbons (Fsp3) is 0.0667. The number of non-ortho nitro benzene ring substituents is 1. The van der Waals surface area contributed by atoms with Crippen LogP contribution in [0.3, 0.4) is 0 Å². The van der Waals surface area contributed by atoms with Crippen LogP contribution in [0.1, 0.15) is 16.2 Å². The molecule has 2 heterocycles. The highest BCUT2D eigenvalue weighted by Crippen LogP contribution is 2.27. The number of carbonyl (C=O) groups excluding carboxylic acids is 1. The van der Waals surface area contributed by atoms with Crippen LogP contribution < -0.4 is 5.32 Å². The van der Waals surface area contributed by atoms with Crippen molar-refractivity contribution >= 4 is 46.1 Å². The van der Waals surface area contributed by atoms with E-state index in [-0.39, 0.29) is 16.4 Å². The van der Waals surface area contributed by atoms with Crippen LogP contribution in [-0.4, -0.2) is 20.2 Å². The largest absolute Gasteiger partial charge is 0.319 e. The van der Waals surface area contributed by atoms with Crippen molar-refractivity contribution in [3.8, 4) is 0 Å². The number of aromatic nitrogens is 2. The molecule has 0 atom stereocenters. The summed E-state index contributed by atoms with van der Waals surface area (Å²) in [5, 5.41) is 14.0. The zero-order valence-corrected chi connectivity index (χ0v) is 13.8. The van der Waals surface area contributed by atoms with Crippen LogP contribution in [0, 0.1) is 17.0 Å². The second-order valence-corrected chi connectivity index (χ2v) is 5.84. The Morgan fingerprint density at radius 2 is 2.04 bits per heavy atom. The number of amides is 1. The summed E-state index contributed by atoms with van der Waals surface area (Å²) in [6.45, 7) is 1.70. The van der Waals surface area contributed by atoms with Gasteiger partial charge in [0, 0.05) is 29.4 Å². The monoisotopic (exact) mass is 364 g/mol. The van der Waals surface area contributed by atoms with E-state index in [1.54, 1.807) is 29.7 Å². The molecule has 3 aromatic rings. The SMILES string of the molecule is Cc1nc2cc(Cl)ccn2c1C(=O)Nc1ccc([N+](=O)[O-])cc1Cl. The molecule has 0 spiro atoms. The highest BCUT2D eigenvalue weighted by atomic mass is 35.5. The molecule has 1 aromatic carbocycles. The van der Waals surface area contributed by atoms with E-state index in [9.17, 15) is 14.9 Å². The van der Waals surface area contributed by atoms with Gasteiger partial charge in [0.05, 0.1) is 21.3 Å². The first-order valence-electron chi connectivity index (χ1n) is 6.76. The second-order valence-electron chi connectivity index (χ2n) is 4.99. The summed E-state index contributed by atoms with van der Waals surface area (Å²) >= 11 is 11.9. The fourth-order valence-electron chi connectivity index (χ4n) is 2.31. The number of nitro groups is 1. The van der Waals surface area contributed by atoms with E-state index in [0.29, 0.717) is 22.1 Å². The van der Waals surface area contributed by atoms with Crippen LogP contribution in [0.25, 0.3) is 5.65 Å². The lowest BCUT2D eigenvalue weighted by atomic mass is 10.2. The molecule has 1 N–H and O–H groups in total. The van der Waals surface area contributed by atoms with Crippen molar-refractivity contribution in [2.45, 2.75) is 6.92 Å². The molecule has 122 valence electrons. The number of benzene rings is 1. The van der Waals surface area contributed by atoms with Gasteiger partial charge in [-0.15, -0.1) is 0 Å². The number of nitrogens with one attached hydrogen (secondary N) is 1. The number of hydrogen-bond acceptors (Lipinski definition) is 4. The Kier molecular flexibility index (Phi) is 4.13. The van der Waals surface area contributed by atoms with Crippen LogP contribution in [0.5, 0.6) is 0 Å². The van der Waals surface area contributed by atoms with Gasteiger partial charge < -0.3 is 5.32 Å². The number of imidazole rings is 1. The van der Waals surface area contributed by atoms with Crippen LogP contribution in [0.2, 0.25) is 10.0 Å². The standard InChI is InChI=1S/C15H10Cl2N4O3/c1-8-14(20-5-4-9(16)6-13(20)18-8)15(22)19-12-3-2-10(21(23)24)7-11(12)17/h2-7H,1H3,(H,19,22). The Bertz CT molecular complexity index is 984. The number of carbonyl (C=O) groups is 1. The van der Waals surface area contributed by atoms with Crippen LogP contribution in [-0.2, 0) is 0 Å². The van der Waals surface area contributed by atoms with Crippen molar-refractivity contribution in [2.24, 2.45) is 0 Å². The number of halogens is 2. The summed E-state index contributed by atoms with van der Waals surface area (Å²) in [7, 11) is 0. The normalized spacial score (nSPS) is 10.8. The van der Waals surface area contributed by atoms with E-state index in [0.717, 1.165) is 0 Å². The maximum absolute atomic E-state index is 12.6. The zero-order valence-electron chi connectivity index (χ0n) is 12.3. The first-order chi connectivity index (χ1) is 11.4. The van der Waals surface area contributed by atoms with Crippen molar-refractivity contribution in [1.29, 1.82) is 0 Å². The second kappa shape index (κ2) is 6.10. The molecule has 0 aliphatic rings. The average molecular weight is 365 g/mol. The van der Waals surface area contributed by atoms with E-state index in [1.807, 2.05) is 0 Å². The summed E-state index contributed by atoms with van der Waals surface area (Å²) in [4.78, 5) is 27.0. The number of pyridine rings is 1. The van der Waals surface area contributed by atoms with Gasteiger partial charge in [0.1, 0.15) is 11.3 Å². The number of anilines is 1. The topological polar surface area (TPSA) is 89.5 Å². The molecule has 0 radical (unpaired) electrons. The summed E-state index contributed by atoms with van der Waals surface area (Å²) in [6, 6.07) is 7.12. The van der Waals surface area contributed by atoms with E-state index in [4.69, 9.17) is 23.2 Å². The van der Waals surface area contributed by atoms with Gasteiger partial charge >= 0.3 is 0 Å². The lowest BCUT2D eigenvalue weighted by molar-refractivity contribution is -0.384. The molecule has 0 aliphatic heterocycles. The molecule has 2 aromatic heterocycles. The van der Waals surface area contributed by atoms with Gasteiger partial charge in [-0.2, -0.15) is 0 Å². The molecule has 9 heteroatoms. The third-order valence-electron chi connectivity index (χ3n) is 3.39. The van der Waals surface area contributed by atoms with Crippen LogP contribution in [0.15, 0.2) is 36.5 Å². The summed E-state index contributed by atoms with van der Waals surface area (Å²) < 4.78 is 1.61. The molecule has 0 bridgehead atoms. The smallest absolute Gasteiger partial charge is 0.274 e. The molecule has 0 saturated carbocycles. The first-order valence-corrected chi connectivity index (χ1v) is 7.52. The van der Waals surface area contributed by atoms with Gasteiger partial charge in [-0.05, 0) is 19.1 Å². The number of hydrogen-bond donors (Lipinski definition) is 1. The first kappa shape index (κ1) is 16.2. The third kappa shape index (κ3) is 2.91. The minimum atomic E-state index is -0.560. The highest BCUT2D eigenvalue weighted by Gasteiger charge is 2.18. The van der Waals surface area contributed by atoms with E-state index >= 15 is 0 Å². The van der Waals surface area contributed by atoms with Gasteiger partial charge in [-0.3, -0.25) is 19.3 Å². The van der Waals surface area contributed by atoms with Crippen molar-refractivity contribution in [1.82, 2.24) is 9.38 Å². The summed E-state index contributed by atoms with van der Waals surface area (Å²) in [6.07, 6.45) is 1.64. The molecule has 7 nitrogen and oxygen atoms in total. The molecule has 0 aliphatic carbocycles. The molecular formula is C15H10Cl2N4O3. The molecular weight excluding hydrogens is 355 g/mol. The van der Waals surface area contributed by atoms with E-state index in [2.05, 4.69) is 10.3 Å². The fourth-order valence-corrected chi connectivity index (χ4v) is 2.69. The zero-order chi connectivity index (χ0) is 17.4. The summed E-state index contributed by atoms with van der Waals surface area (Å²) in [5.41, 5.74) is 1.51. The molecule has 3 rings (SSSR count). The van der Waals surface area contributed by atoms with Crippen LogP contribution >= 0.6 is 23.2 Å². The van der Waals surface area contributed by atoms with Crippen LogP contribution in [0.4, 0.5) is 11.4 Å². The van der Waals surface area contributed by atoms with Crippen molar-refractivity contribution in [2.75, 3.05) is 5.32 Å². The minimum absolute atomic E-state index is 0.0760. The molecule has 0 unspecified atom stereocenters. The Balaban J connectivity index is 1.96. The third-order valence-corrected chi connectivity index (χ3v) is 3.94. The van der Waals surface area contributed by atoms with Crippen molar-refractivity contribution in [3.05, 3.63) is 68.1 Å². The van der Waals surface area contributed by atoms with E-state index < -0.39 is 10.8 Å². The Morgan fingerprint density at radius 3 is 2.71 bits per heavy atom. The number of aryl methyl sites for hydroxylation is 1. The van der Waals surface area contributed by atoms with E-state index in [1.165, 1.54) is 18.2 Å². The van der Waals surface area contributed by atoms with Gasteiger partial charge in [0.15, 0.2) is 0 Å². The lowest BCUT2D eigenvalue weighted by Gasteiger charge is -2.08. The Morgan fingerprint density at radius 1 is 1.29 bits per heavy atom. The molecule has 24 heavy (non-hydrogen) atoms. The molecule has 0 fully saturated rings. The van der Waals surface area contributed by atoms with Crippen molar-refractivity contribution in [3.63, 3.8) is 0 Å². The molecule has 1 amide bonds. The Hall–Kier alpha value is -2.64. The quantitative estimate of drug-likeness (QED) is 0.559. The number of rotatable bonds is 3. The van der Waals surface area contributed by atoms with Gasteiger partial charge in [0.25, 0.3) is 11.6 Å². The summed E-state index contributed by atoms with van der Waals surface area (Å²) in [5.74, 6) is -0.432. The van der Waals surface area contributed by atoms with Gasteiger partial charge in [0.2, 0.25) is 0 Å². The average Bonchev–Trinajstić information content (AvgIpc) is 2.83. The number of nitrogens with zero attached hydrogens (tertiary/aromatic N) is 3. The van der Waals surface area contributed by atoms with Gasteiger partial charge in [-0.1, -0.05) is 23.2 Å². The minimum Gasteiger partial charge on any atom is -0.319 e. The maximum atomic E-state index is 12.6. The number of fused-ring (bicyclic) bond motifs is 1. The Labute approximate surface area is 146 Å². The van der Waals surface area contributed by atoms with Gasteiger partial charge in [-0.25, -0.2) is 4.98 Å². The predicted molar refractivity (Wildman–Crippen MR) is 91.0 cm³/mol. The maximum Gasteiger partial charge on any atom is 0.274 e. The lowest BCUT2D eigenvalue weighted by Crippen LogP contribution is -2.16. The molecule has 0 saturated heterocycles. The van der Waals surface area contributed by atoms with Crippen molar-refractivity contribution < 1.29 is 9.72 Å². The highest BCUT2D eigenvalue weighted by molar-refractivity contribution is 6.34. The number of nitro benzene ring substituents is 1. The predicted octanol–water partition coefficient (Wildman–Crippen LogP) is 4.11.